The second-order valence-electron chi connectivity index (χ2n) is 6.52. The van der Waals surface area contributed by atoms with Gasteiger partial charge in [-0.25, -0.2) is 4.39 Å². The van der Waals surface area contributed by atoms with E-state index in [-0.39, 0.29) is 23.9 Å². The third-order valence-corrected chi connectivity index (χ3v) is 5.42. The molecule has 1 aromatic rings. The van der Waals surface area contributed by atoms with Gasteiger partial charge in [0.25, 0.3) is 0 Å². The second-order valence-corrected chi connectivity index (χ2v) is 6.84. The summed E-state index contributed by atoms with van der Waals surface area (Å²) in [5.41, 5.74) is -6.13. The van der Waals surface area contributed by atoms with Crippen LogP contribution in [0.3, 0.4) is 0 Å². The minimum absolute atomic E-state index is 0.136. The van der Waals surface area contributed by atoms with Crippen molar-refractivity contribution in [2.75, 3.05) is 6.54 Å². The fourth-order valence-corrected chi connectivity index (χ4v) is 4.19. The molecule has 2 nitrogen and oxygen atoms in total. The van der Waals surface area contributed by atoms with Gasteiger partial charge in [-0.2, -0.15) is 26.3 Å². The molecule has 1 aliphatic carbocycles. The Bertz CT molecular complexity index is 716. The zero-order valence-electron chi connectivity index (χ0n) is 13.1. The van der Waals surface area contributed by atoms with Crippen molar-refractivity contribution >= 4 is 17.0 Å². The molecule has 2 atom stereocenters. The van der Waals surface area contributed by atoms with E-state index in [9.17, 15) is 35.5 Å². The monoisotopic (exact) mass is 403 g/mol. The first-order valence-electron chi connectivity index (χ1n) is 7.79. The SMILES string of the molecule is O=C(Cl)N1CC[C@H]2c3ccc(C(F)(C(F)(F)F)C(F)(F)F)cc3CCC21. The maximum absolute atomic E-state index is 14.2. The van der Waals surface area contributed by atoms with Gasteiger partial charge in [0.1, 0.15) is 0 Å². The van der Waals surface area contributed by atoms with E-state index in [0.717, 1.165) is 6.07 Å². The molecular formula is C16H13ClF7NO. The van der Waals surface area contributed by atoms with Crippen molar-refractivity contribution in [2.24, 2.45) is 0 Å². The highest BCUT2D eigenvalue weighted by Crippen LogP contribution is 2.54. The lowest BCUT2D eigenvalue weighted by Gasteiger charge is -2.34. The van der Waals surface area contributed by atoms with Gasteiger partial charge < -0.3 is 4.90 Å². The molecule has 1 saturated heterocycles. The molecule has 0 bridgehead atoms. The number of nitrogens with zero attached hydrogens (tertiary/aromatic N) is 1. The van der Waals surface area contributed by atoms with Crippen LogP contribution < -0.4 is 0 Å². The summed E-state index contributed by atoms with van der Waals surface area (Å²) in [6.07, 6.45) is -11.3. The van der Waals surface area contributed by atoms with E-state index >= 15 is 0 Å². The minimum atomic E-state index is -6.13. The van der Waals surface area contributed by atoms with Crippen molar-refractivity contribution < 1.29 is 35.5 Å². The third kappa shape index (κ3) is 2.75. The molecule has 26 heavy (non-hydrogen) atoms. The summed E-state index contributed by atoms with van der Waals surface area (Å²) < 4.78 is 91.7. The Balaban J connectivity index is 2.02. The lowest BCUT2D eigenvalue weighted by atomic mass is 9.77. The van der Waals surface area contributed by atoms with Gasteiger partial charge in [0, 0.05) is 24.1 Å². The van der Waals surface area contributed by atoms with Crippen LogP contribution in [-0.4, -0.2) is 35.2 Å². The van der Waals surface area contributed by atoms with E-state index in [4.69, 9.17) is 11.6 Å². The second kappa shape index (κ2) is 6.00. The number of likely N-dealkylation sites (tertiary alicyclic amines) is 1. The molecule has 2 aliphatic rings. The van der Waals surface area contributed by atoms with Crippen molar-refractivity contribution in [3.8, 4) is 0 Å². The van der Waals surface area contributed by atoms with E-state index in [1.165, 1.54) is 4.90 Å². The van der Waals surface area contributed by atoms with Crippen LogP contribution in [0, 0.1) is 0 Å². The van der Waals surface area contributed by atoms with E-state index < -0.39 is 29.0 Å². The van der Waals surface area contributed by atoms with Gasteiger partial charge in [0.05, 0.1) is 0 Å². The predicted octanol–water partition coefficient (Wildman–Crippen LogP) is 5.44. The van der Waals surface area contributed by atoms with Crippen molar-refractivity contribution in [1.29, 1.82) is 0 Å². The molecule has 0 saturated carbocycles. The van der Waals surface area contributed by atoms with Crippen LogP contribution in [0.2, 0.25) is 0 Å². The maximum atomic E-state index is 14.2. The Hall–Kier alpha value is -1.51. The summed E-state index contributed by atoms with van der Waals surface area (Å²) in [5.74, 6) is -0.235. The predicted molar refractivity (Wildman–Crippen MR) is 78.8 cm³/mol. The molecule has 0 radical (unpaired) electrons. The molecule has 144 valence electrons. The zero-order chi connectivity index (χ0) is 19.5. The van der Waals surface area contributed by atoms with Crippen LogP contribution in [0.15, 0.2) is 18.2 Å². The van der Waals surface area contributed by atoms with E-state index in [1.54, 1.807) is 0 Å². The van der Waals surface area contributed by atoms with Crippen LogP contribution in [0.1, 0.15) is 35.4 Å². The molecule has 1 aromatic carbocycles. The van der Waals surface area contributed by atoms with Crippen LogP contribution in [0.4, 0.5) is 35.5 Å². The van der Waals surface area contributed by atoms with Gasteiger partial charge in [-0.05, 0) is 42.0 Å². The van der Waals surface area contributed by atoms with Crippen molar-refractivity contribution in [3.05, 3.63) is 34.9 Å². The summed E-state index contributed by atoms with van der Waals surface area (Å²) in [6.45, 7) is 0.358. The van der Waals surface area contributed by atoms with Crippen molar-refractivity contribution in [3.63, 3.8) is 0 Å². The van der Waals surface area contributed by atoms with Gasteiger partial charge in [-0.3, -0.25) is 4.79 Å². The molecule has 1 amide bonds. The normalized spacial score (nSPS) is 23.6. The number of amides is 1. The summed E-state index contributed by atoms with van der Waals surface area (Å²) in [5, 5.41) is -0.644. The maximum Gasteiger partial charge on any atom is 0.435 e. The summed E-state index contributed by atoms with van der Waals surface area (Å²) >= 11 is 5.50. The van der Waals surface area contributed by atoms with Crippen LogP contribution in [0.5, 0.6) is 0 Å². The molecule has 3 rings (SSSR count). The number of fused-ring (bicyclic) bond motifs is 3. The molecule has 1 unspecified atom stereocenters. The average molecular weight is 404 g/mol. The van der Waals surface area contributed by atoms with E-state index in [2.05, 4.69) is 0 Å². The minimum Gasteiger partial charge on any atom is -0.326 e. The van der Waals surface area contributed by atoms with Crippen LogP contribution in [-0.2, 0) is 12.1 Å². The molecule has 10 heteroatoms. The number of hydrogen-bond acceptors (Lipinski definition) is 1. The highest BCUT2D eigenvalue weighted by Gasteiger charge is 2.73. The third-order valence-electron chi connectivity index (χ3n) is 5.20. The number of hydrogen-bond donors (Lipinski definition) is 0. The summed E-state index contributed by atoms with van der Waals surface area (Å²) in [6, 6.07) is 2.04. The van der Waals surface area contributed by atoms with Gasteiger partial charge in [-0.1, -0.05) is 18.2 Å². The van der Waals surface area contributed by atoms with Crippen LogP contribution >= 0.6 is 11.6 Å². The Morgan fingerprint density at radius 3 is 2.19 bits per heavy atom. The topological polar surface area (TPSA) is 20.3 Å². The Morgan fingerprint density at radius 1 is 1.04 bits per heavy atom. The fourth-order valence-electron chi connectivity index (χ4n) is 3.98. The summed E-state index contributed by atoms with van der Waals surface area (Å²) in [4.78, 5) is 12.8. The lowest BCUT2D eigenvalue weighted by Crippen LogP contribution is -2.50. The molecule has 1 heterocycles. The molecule has 0 aromatic heterocycles. The highest BCUT2D eigenvalue weighted by molar-refractivity contribution is 6.62. The van der Waals surface area contributed by atoms with Gasteiger partial charge in [0.2, 0.25) is 0 Å². The summed E-state index contributed by atoms with van der Waals surface area (Å²) in [7, 11) is 0. The smallest absolute Gasteiger partial charge is 0.326 e. The number of carbonyl (C=O) groups excluding carboxylic acids is 1. The number of alkyl halides is 7. The number of benzene rings is 1. The first-order valence-corrected chi connectivity index (χ1v) is 8.17. The first-order chi connectivity index (χ1) is 11.9. The molecule has 1 aliphatic heterocycles. The largest absolute Gasteiger partial charge is 0.435 e. The van der Waals surface area contributed by atoms with E-state index in [0.29, 0.717) is 37.1 Å². The first kappa shape index (κ1) is 19.3. The van der Waals surface area contributed by atoms with Crippen LogP contribution in [0.25, 0.3) is 0 Å². The number of carbonyl (C=O) groups is 1. The number of rotatable bonds is 1. The van der Waals surface area contributed by atoms with Gasteiger partial charge in [-0.15, -0.1) is 0 Å². The van der Waals surface area contributed by atoms with E-state index in [1.807, 2.05) is 0 Å². The zero-order valence-corrected chi connectivity index (χ0v) is 13.9. The Kier molecular flexibility index (Phi) is 4.45. The molecule has 0 N–H and O–H groups in total. The van der Waals surface area contributed by atoms with Gasteiger partial charge in [0.15, 0.2) is 0 Å². The quantitative estimate of drug-likeness (QED) is 0.347. The molecular weight excluding hydrogens is 391 g/mol. The fraction of sp³-hybridized carbons (Fsp3) is 0.562. The lowest BCUT2D eigenvalue weighted by molar-refractivity contribution is -0.348. The number of halogens is 8. The standard InChI is InChI=1S/C16H13ClF7NO/c17-13(26)25-6-5-11-10-3-2-9(7-8(10)1-4-12(11)25)14(18,15(19,20)21)16(22,23)24/h2-3,7,11-12H,1,4-6H2/t11-,12?/m0/s1. The number of aryl methyl sites for hydroxylation is 1. The van der Waals surface area contributed by atoms with Crippen molar-refractivity contribution in [1.82, 2.24) is 4.90 Å². The Morgan fingerprint density at radius 2 is 1.65 bits per heavy atom. The highest BCUT2D eigenvalue weighted by atomic mass is 35.5. The Labute approximate surface area is 148 Å². The molecule has 1 fully saturated rings. The van der Waals surface area contributed by atoms with Gasteiger partial charge >= 0.3 is 23.4 Å². The van der Waals surface area contributed by atoms with Crippen molar-refractivity contribution in [2.45, 2.75) is 49.2 Å². The molecule has 0 spiro atoms. The average Bonchev–Trinajstić information content (AvgIpc) is 2.95.